The third-order valence-corrected chi connectivity index (χ3v) is 4.46. The fourth-order valence-electron chi connectivity index (χ4n) is 2.97. The van der Waals surface area contributed by atoms with Gasteiger partial charge in [-0.1, -0.05) is 129 Å². The predicted molar refractivity (Wildman–Crippen MR) is 116 cm³/mol. The Bertz CT molecular complexity index is 309. The van der Waals surface area contributed by atoms with E-state index in [0.29, 0.717) is 0 Å². The molecule has 0 aliphatic carbocycles. The van der Waals surface area contributed by atoms with Crippen molar-refractivity contribution in [2.75, 3.05) is 0 Å². The molecule has 0 heterocycles. The Hall–Kier alpha value is 0.870. The predicted octanol–water partition coefficient (Wildman–Crippen LogP) is 6.75. The van der Waals surface area contributed by atoms with Crippen LogP contribution in [0.4, 0.5) is 0 Å². The van der Waals surface area contributed by atoms with Crippen LogP contribution in [0.25, 0.3) is 0 Å². The standard InChI is InChI=1S/C20H42.Na.H2O4S.H/c1-3-5-7-9-11-13-15-17-19-20-18-16-14-12-10-8-6-4-2;;1-5(2,3)4;/h3-20H2,1-2H3;;(H2,1,2,3,4);. The monoisotopic (exact) mass is 404 g/mol. The first kappa shape index (κ1) is 31.6. The van der Waals surface area contributed by atoms with Gasteiger partial charge >= 0.3 is 40.0 Å². The Morgan fingerprint density at radius 3 is 0.692 bits per heavy atom. The summed E-state index contributed by atoms with van der Waals surface area (Å²) in [5, 5.41) is 0. The molecule has 0 aromatic rings. The van der Waals surface area contributed by atoms with Crippen LogP contribution in [0.1, 0.15) is 129 Å². The molecule has 0 bridgehead atoms. The molecule has 0 unspecified atom stereocenters. The van der Waals surface area contributed by atoms with Crippen LogP contribution in [0.2, 0.25) is 0 Å². The summed E-state index contributed by atoms with van der Waals surface area (Å²) in [6.07, 6.45) is 26.4. The maximum absolute atomic E-state index is 8.74. The molecule has 4 nitrogen and oxygen atoms in total. The Kier molecular flexibility index (Phi) is 31.4. The Labute approximate surface area is 186 Å². The first-order valence-corrected chi connectivity index (χ1v) is 12.0. The minimum absolute atomic E-state index is 0. The summed E-state index contributed by atoms with van der Waals surface area (Å²) in [5.74, 6) is 0. The van der Waals surface area contributed by atoms with Crippen molar-refractivity contribution in [3.05, 3.63) is 0 Å². The second-order valence-electron chi connectivity index (χ2n) is 7.10. The third kappa shape index (κ3) is 44.4. The van der Waals surface area contributed by atoms with E-state index in [0.717, 1.165) is 0 Å². The Morgan fingerprint density at radius 1 is 0.462 bits per heavy atom. The molecule has 0 aromatic carbocycles. The zero-order valence-electron chi connectivity index (χ0n) is 16.8. The molecule has 0 aliphatic heterocycles. The molecule has 0 saturated heterocycles. The van der Waals surface area contributed by atoms with Gasteiger partial charge in [0.2, 0.25) is 0 Å². The van der Waals surface area contributed by atoms with Crippen molar-refractivity contribution in [1.82, 2.24) is 0 Å². The molecular weight excluding hydrogens is 359 g/mol. The van der Waals surface area contributed by atoms with Gasteiger partial charge in [0, 0.05) is 0 Å². The average molecular weight is 405 g/mol. The van der Waals surface area contributed by atoms with Crippen LogP contribution in [0.15, 0.2) is 0 Å². The van der Waals surface area contributed by atoms with E-state index in [2.05, 4.69) is 13.8 Å². The molecule has 0 aromatic heterocycles. The van der Waals surface area contributed by atoms with Crippen LogP contribution in [0, 0.1) is 0 Å². The van der Waals surface area contributed by atoms with E-state index in [-0.39, 0.29) is 29.6 Å². The first-order chi connectivity index (χ1) is 11.9. The SMILES string of the molecule is CCCCCCCCCCCCCCCCCCCC.O=S(=O)(O)O.[NaH]. The second kappa shape index (κ2) is 25.9. The quantitative estimate of drug-likeness (QED) is 0.160. The number of unbranched alkanes of at least 4 members (excludes halogenated alkanes) is 17. The fraction of sp³-hybridized carbons (Fsp3) is 1.00. The van der Waals surface area contributed by atoms with Gasteiger partial charge < -0.3 is 0 Å². The normalized spacial score (nSPS) is 10.8. The molecule has 156 valence electrons. The van der Waals surface area contributed by atoms with E-state index in [1.54, 1.807) is 0 Å². The van der Waals surface area contributed by atoms with E-state index in [1.165, 1.54) is 116 Å². The molecule has 0 atom stereocenters. The number of hydrogen-bond acceptors (Lipinski definition) is 2. The Balaban J connectivity index is -0.000000772. The van der Waals surface area contributed by atoms with Gasteiger partial charge in [-0.05, 0) is 0 Å². The van der Waals surface area contributed by atoms with Crippen LogP contribution in [-0.2, 0) is 10.4 Å². The van der Waals surface area contributed by atoms with Crippen molar-refractivity contribution in [3.8, 4) is 0 Å². The van der Waals surface area contributed by atoms with Crippen LogP contribution in [0.5, 0.6) is 0 Å². The van der Waals surface area contributed by atoms with Crippen molar-refractivity contribution < 1.29 is 17.5 Å². The van der Waals surface area contributed by atoms with E-state index in [1.807, 2.05) is 0 Å². The summed E-state index contributed by atoms with van der Waals surface area (Å²) in [4.78, 5) is 0. The van der Waals surface area contributed by atoms with E-state index < -0.39 is 10.4 Å². The summed E-state index contributed by atoms with van der Waals surface area (Å²) in [5.41, 5.74) is 0. The van der Waals surface area contributed by atoms with Crippen molar-refractivity contribution >= 4 is 40.0 Å². The Morgan fingerprint density at radius 2 is 0.577 bits per heavy atom. The van der Waals surface area contributed by atoms with Gasteiger partial charge in [-0.2, -0.15) is 8.42 Å². The van der Waals surface area contributed by atoms with Crippen LogP contribution in [0.3, 0.4) is 0 Å². The van der Waals surface area contributed by atoms with Crippen LogP contribution < -0.4 is 0 Å². The molecule has 2 N–H and O–H groups in total. The molecule has 0 amide bonds. The first-order valence-electron chi connectivity index (χ1n) is 10.6. The van der Waals surface area contributed by atoms with E-state index in [4.69, 9.17) is 17.5 Å². The molecule has 0 spiro atoms. The summed E-state index contributed by atoms with van der Waals surface area (Å²) in [6.45, 7) is 4.59. The van der Waals surface area contributed by atoms with Gasteiger partial charge in [0.05, 0.1) is 0 Å². The summed E-state index contributed by atoms with van der Waals surface area (Å²) in [7, 11) is -4.67. The molecule has 26 heavy (non-hydrogen) atoms. The number of rotatable bonds is 17. The van der Waals surface area contributed by atoms with Gasteiger partial charge in [-0.25, -0.2) is 0 Å². The van der Waals surface area contributed by atoms with Gasteiger partial charge in [-0.3, -0.25) is 9.11 Å². The van der Waals surface area contributed by atoms with Gasteiger partial charge in [0.1, 0.15) is 0 Å². The van der Waals surface area contributed by atoms with Crippen molar-refractivity contribution in [2.45, 2.75) is 129 Å². The zero-order valence-corrected chi connectivity index (χ0v) is 17.7. The summed E-state index contributed by atoms with van der Waals surface area (Å²) in [6, 6.07) is 0. The fourth-order valence-corrected chi connectivity index (χ4v) is 2.97. The molecule has 0 aliphatic rings. The van der Waals surface area contributed by atoms with Gasteiger partial charge in [-0.15, -0.1) is 0 Å². The number of hydrogen-bond donors (Lipinski definition) is 2. The summed E-state index contributed by atoms with van der Waals surface area (Å²) < 4.78 is 31.6. The topological polar surface area (TPSA) is 74.6 Å². The van der Waals surface area contributed by atoms with E-state index >= 15 is 0 Å². The third-order valence-electron chi connectivity index (χ3n) is 4.46. The van der Waals surface area contributed by atoms with Crippen molar-refractivity contribution in [1.29, 1.82) is 0 Å². The minimum atomic E-state index is -4.67. The molecule has 0 radical (unpaired) electrons. The molecule has 0 fully saturated rings. The van der Waals surface area contributed by atoms with Gasteiger partial charge in [0.25, 0.3) is 0 Å². The van der Waals surface area contributed by atoms with Crippen LogP contribution >= 0.6 is 0 Å². The van der Waals surface area contributed by atoms with E-state index in [9.17, 15) is 0 Å². The summed E-state index contributed by atoms with van der Waals surface area (Å²) >= 11 is 0. The van der Waals surface area contributed by atoms with Crippen LogP contribution in [-0.4, -0.2) is 47.1 Å². The van der Waals surface area contributed by atoms with Crippen molar-refractivity contribution in [2.24, 2.45) is 0 Å². The zero-order chi connectivity index (χ0) is 19.2. The molecule has 6 heteroatoms. The molecule has 0 saturated carbocycles. The second-order valence-corrected chi connectivity index (χ2v) is 8.00. The maximum atomic E-state index is 8.74. The van der Waals surface area contributed by atoms with Gasteiger partial charge in [0.15, 0.2) is 0 Å². The average Bonchev–Trinajstić information content (AvgIpc) is 2.53. The van der Waals surface area contributed by atoms with Crippen molar-refractivity contribution in [3.63, 3.8) is 0 Å². The molecular formula is C20H45NaO4S. The molecule has 0 rings (SSSR count).